The van der Waals surface area contributed by atoms with Gasteiger partial charge in [0.15, 0.2) is 6.10 Å². The Labute approximate surface area is 147 Å². The minimum Gasteiger partial charge on any atom is -0.478 e. The quantitative estimate of drug-likeness (QED) is 0.890. The number of aryl methyl sites for hydroxylation is 1. The molecular formula is C20H22N2O3. The number of nitrogens with one attached hydrogen (secondary N) is 2. The zero-order valence-corrected chi connectivity index (χ0v) is 14.6. The number of fused-ring (bicyclic) bond motifs is 1. The topological polar surface area (TPSA) is 67.4 Å². The average Bonchev–Trinajstić information content (AvgIpc) is 2.56. The molecule has 0 radical (unpaired) electrons. The van der Waals surface area contributed by atoms with Gasteiger partial charge in [-0.3, -0.25) is 9.59 Å². The Kier molecular flexibility index (Phi) is 4.74. The van der Waals surface area contributed by atoms with Crippen molar-refractivity contribution in [3.05, 3.63) is 53.6 Å². The fourth-order valence-corrected chi connectivity index (χ4v) is 2.73. The van der Waals surface area contributed by atoms with Crippen LogP contribution in [0, 0.1) is 6.92 Å². The van der Waals surface area contributed by atoms with E-state index in [1.54, 1.807) is 6.07 Å². The van der Waals surface area contributed by atoms with Crippen LogP contribution in [0.25, 0.3) is 0 Å². The molecule has 1 atom stereocenters. The summed E-state index contributed by atoms with van der Waals surface area (Å²) in [5.74, 6) is 0.466. The lowest BCUT2D eigenvalue weighted by molar-refractivity contribution is -0.128. The second kappa shape index (κ2) is 6.97. The molecular weight excluding hydrogens is 316 g/mol. The number of hydrogen-bond donors (Lipinski definition) is 2. The molecule has 1 unspecified atom stereocenters. The Hall–Kier alpha value is -2.82. The molecule has 2 aromatic carbocycles. The Bertz CT molecular complexity index is 797. The summed E-state index contributed by atoms with van der Waals surface area (Å²) >= 11 is 0. The van der Waals surface area contributed by atoms with Crippen LogP contribution in [0.4, 0.5) is 11.4 Å². The van der Waals surface area contributed by atoms with Crippen molar-refractivity contribution in [2.24, 2.45) is 0 Å². The van der Waals surface area contributed by atoms with Gasteiger partial charge in [0.1, 0.15) is 5.75 Å². The van der Waals surface area contributed by atoms with Crippen LogP contribution in [0.1, 0.15) is 37.3 Å². The molecule has 2 N–H and O–H groups in total. The highest BCUT2D eigenvalue weighted by Gasteiger charge is 2.29. The Morgan fingerprint density at radius 3 is 2.60 bits per heavy atom. The molecule has 0 aliphatic carbocycles. The summed E-state index contributed by atoms with van der Waals surface area (Å²) in [6.07, 6.45) is -0.865. The van der Waals surface area contributed by atoms with Crippen molar-refractivity contribution in [1.82, 2.24) is 0 Å². The maximum atomic E-state index is 12.2. The minimum atomic E-state index is -0.829. The van der Waals surface area contributed by atoms with Gasteiger partial charge in [0.2, 0.25) is 5.91 Å². The second-order valence-corrected chi connectivity index (χ2v) is 6.62. The molecule has 0 saturated carbocycles. The van der Waals surface area contributed by atoms with Crippen LogP contribution < -0.4 is 15.4 Å². The number of amides is 2. The molecule has 5 heteroatoms. The molecule has 130 valence electrons. The molecule has 0 fully saturated rings. The van der Waals surface area contributed by atoms with Crippen LogP contribution in [0.2, 0.25) is 0 Å². The summed E-state index contributed by atoms with van der Waals surface area (Å²) in [4.78, 5) is 24.4. The third-order valence-corrected chi connectivity index (χ3v) is 4.19. The maximum absolute atomic E-state index is 12.2. The van der Waals surface area contributed by atoms with Gasteiger partial charge in [0.25, 0.3) is 5.91 Å². The van der Waals surface area contributed by atoms with Crippen LogP contribution in [-0.4, -0.2) is 17.9 Å². The maximum Gasteiger partial charge on any atom is 0.266 e. The molecule has 2 amide bonds. The van der Waals surface area contributed by atoms with E-state index < -0.39 is 6.10 Å². The predicted octanol–water partition coefficient (Wildman–Crippen LogP) is 3.85. The summed E-state index contributed by atoms with van der Waals surface area (Å²) in [5.41, 5.74) is 3.59. The van der Waals surface area contributed by atoms with Gasteiger partial charge in [-0.15, -0.1) is 0 Å². The summed E-state index contributed by atoms with van der Waals surface area (Å²) < 4.78 is 5.69. The summed E-state index contributed by atoms with van der Waals surface area (Å²) in [5, 5.41) is 5.61. The molecule has 3 rings (SSSR count). The molecule has 2 aromatic rings. The lowest BCUT2D eigenvalue weighted by Gasteiger charge is -2.25. The van der Waals surface area contributed by atoms with Gasteiger partial charge in [-0.1, -0.05) is 32.0 Å². The number of rotatable bonds is 4. The highest BCUT2D eigenvalue weighted by Crippen LogP contribution is 2.31. The van der Waals surface area contributed by atoms with E-state index in [9.17, 15) is 9.59 Å². The summed E-state index contributed by atoms with van der Waals surface area (Å²) in [7, 11) is 0. The second-order valence-electron chi connectivity index (χ2n) is 6.62. The molecule has 0 saturated heterocycles. The van der Waals surface area contributed by atoms with E-state index in [1.165, 1.54) is 5.56 Å². The van der Waals surface area contributed by atoms with E-state index in [0.717, 1.165) is 5.56 Å². The van der Waals surface area contributed by atoms with Crippen LogP contribution in [0.5, 0.6) is 5.75 Å². The molecule has 25 heavy (non-hydrogen) atoms. The first-order valence-electron chi connectivity index (χ1n) is 8.40. The van der Waals surface area contributed by atoms with Crippen molar-refractivity contribution < 1.29 is 14.3 Å². The van der Waals surface area contributed by atoms with Gasteiger partial charge >= 0.3 is 0 Å². The van der Waals surface area contributed by atoms with Gasteiger partial charge in [-0.25, -0.2) is 0 Å². The van der Waals surface area contributed by atoms with Crippen molar-refractivity contribution in [1.29, 1.82) is 0 Å². The SMILES string of the molecule is Cc1ccc2c(c1)NC(=O)C(CC(=O)Nc1ccc(C(C)C)cc1)O2. The summed E-state index contributed by atoms with van der Waals surface area (Å²) in [6, 6.07) is 13.3. The molecule has 5 nitrogen and oxygen atoms in total. The smallest absolute Gasteiger partial charge is 0.266 e. The fraction of sp³-hybridized carbons (Fsp3) is 0.300. The first-order chi connectivity index (χ1) is 11.9. The highest BCUT2D eigenvalue weighted by atomic mass is 16.5. The number of carbonyl (C=O) groups is 2. The number of ether oxygens (including phenoxy) is 1. The minimum absolute atomic E-state index is 0.0366. The van der Waals surface area contributed by atoms with Gasteiger partial charge < -0.3 is 15.4 Å². The third kappa shape index (κ3) is 3.99. The van der Waals surface area contributed by atoms with Crippen molar-refractivity contribution >= 4 is 23.2 Å². The van der Waals surface area contributed by atoms with Crippen molar-refractivity contribution in [2.45, 2.75) is 39.2 Å². The Morgan fingerprint density at radius 1 is 1.20 bits per heavy atom. The molecule has 1 heterocycles. The third-order valence-electron chi connectivity index (χ3n) is 4.19. The van der Waals surface area contributed by atoms with Crippen molar-refractivity contribution in [3.8, 4) is 5.75 Å². The number of anilines is 2. The lowest BCUT2D eigenvalue weighted by Crippen LogP contribution is -2.39. The largest absolute Gasteiger partial charge is 0.478 e. The molecule has 1 aliphatic rings. The normalized spacial score (nSPS) is 16.0. The lowest BCUT2D eigenvalue weighted by atomic mass is 10.0. The van der Waals surface area contributed by atoms with Crippen LogP contribution in [-0.2, 0) is 9.59 Å². The first-order valence-corrected chi connectivity index (χ1v) is 8.40. The van der Waals surface area contributed by atoms with Crippen LogP contribution in [0.15, 0.2) is 42.5 Å². The summed E-state index contributed by atoms with van der Waals surface area (Å²) in [6.45, 7) is 6.18. The fourth-order valence-electron chi connectivity index (χ4n) is 2.73. The highest BCUT2D eigenvalue weighted by molar-refractivity contribution is 6.02. The van der Waals surface area contributed by atoms with Crippen LogP contribution in [0.3, 0.4) is 0 Å². The zero-order chi connectivity index (χ0) is 18.0. The van der Waals surface area contributed by atoms with E-state index in [1.807, 2.05) is 43.3 Å². The van der Waals surface area contributed by atoms with E-state index in [0.29, 0.717) is 23.0 Å². The van der Waals surface area contributed by atoms with Gasteiger partial charge in [0.05, 0.1) is 12.1 Å². The van der Waals surface area contributed by atoms with Crippen molar-refractivity contribution in [2.75, 3.05) is 10.6 Å². The predicted molar refractivity (Wildman–Crippen MR) is 98.0 cm³/mol. The number of hydrogen-bond acceptors (Lipinski definition) is 3. The Morgan fingerprint density at radius 2 is 1.92 bits per heavy atom. The molecule has 0 spiro atoms. The van der Waals surface area contributed by atoms with E-state index in [4.69, 9.17) is 4.74 Å². The number of carbonyl (C=O) groups excluding carboxylic acids is 2. The average molecular weight is 338 g/mol. The molecule has 1 aliphatic heterocycles. The van der Waals surface area contributed by atoms with E-state index in [-0.39, 0.29) is 18.2 Å². The first kappa shape index (κ1) is 17.0. The van der Waals surface area contributed by atoms with Crippen LogP contribution >= 0.6 is 0 Å². The Balaban J connectivity index is 1.63. The van der Waals surface area contributed by atoms with Gasteiger partial charge in [0, 0.05) is 5.69 Å². The standard InChI is InChI=1S/C20H22N2O3/c1-12(2)14-5-7-15(8-6-14)21-19(23)11-18-20(24)22-16-10-13(3)4-9-17(16)25-18/h4-10,12,18H,11H2,1-3H3,(H,21,23)(H,22,24). The monoisotopic (exact) mass is 338 g/mol. The van der Waals surface area contributed by atoms with Gasteiger partial charge in [-0.2, -0.15) is 0 Å². The van der Waals surface area contributed by atoms with E-state index >= 15 is 0 Å². The molecule has 0 aromatic heterocycles. The van der Waals surface area contributed by atoms with Crippen molar-refractivity contribution in [3.63, 3.8) is 0 Å². The van der Waals surface area contributed by atoms with Gasteiger partial charge in [-0.05, 0) is 48.2 Å². The molecule has 0 bridgehead atoms. The van der Waals surface area contributed by atoms with E-state index in [2.05, 4.69) is 24.5 Å². The zero-order valence-electron chi connectivity index (χ0n) is 14.6. The number of benzene rings is 2.